The maximum absolute atomic E-state index is 13.9. The van der Waals surface area contributed by atoms with Crippen LogP contribution in [0.15, 0.2) is 60.7 Å². The summed E-state index contributed by atoms with van der Waals surface area (Å²) >= 11 is 0. The second kappa shape index (κ2) is 20.7. The first kappa shape index (κ1) is 39.7. The maximum atomic E-state index is 13.9. The van der Waals surface area contributed by atoms with Gasteiger partial charge in [0.2, 0.25) is 23.6 Å². The Labute approximate surface area is 290 Å². The van der Waals surface area contributed by atoms with Crippen LogP contribution in [0, 0.1) is 5.92 Å². The number of nitrogens with one attached hydrogen (secondary N) is 4. The molecule has 1 aliphatic carbocycles. The Morgan fingerprint density at radius 3 is 1.82 bits per heavy atom. The molecule has 4 atom stereocenters. The van der Waals surface area contributed by atoms with E-state index in [1.807, 2.05) is 74.5 Å². The van der Waals surface area contributed by atoms with Crippen molar-refractivity contribution in [2.75, 3.05) is 6.54 Å². The molecule has 10 N–H and O–H groups in total. The number of hydrogen-bond donors (Lipinski definition) is 8. The van der Waals surface area contributed by atoms with Crippen molar-refractivity contribution < 1.29 is 29.2 Å². The van der Waals surface area contributed by atoms with Crippen LogP contribution in [0.4, 0.5) is 0 Å². The number of rotatable bonds is 19. The molecule has 0 spiro atoms. The third-order valence-corrected chi connectivity index (χ3v) is 9.01. The summed E-state index contributed by atoms with van der Waals surface area (Å²) in [6.07, 6.45) is 4.82. The number of hydrogen-bond acceptors (Lipinski definition) is 8. The third kappa shape index (κ3) is 13.9. The zero-order valence-electron chi connectivity index (χ0n) is 28.9. The second-order valence-corrected chi connectivity index (χ2v) is 13.6. The van der Waals surface area contributed by atoms with Crippen LogP contribution in [0.3, 0.4) is 0 Å². The zero-order chi connectivity index (χ0) is 35.8. The molecule has 2 aromatic carbocycles. The van der Waals surface area contributed by atoms with Crippen molar-refractivity contribution >= 4 is 30.7 Å². The molecule has 0 unspecified atom stereocenters. The average Bonchev–Trinajstić information content (AvgIpc) is 3.08. The van der Waals surface area contributed by atoms with Crippen LogP contribution in [-0.4, -0.2) is 77.5 Å². The molecule has 49 heavy (non-hydrogen) atoms. The molecule has 0 aliphatic heterocycles. The molecule has 12 nitrogen and oxygen atoms in total. The van der Waals surface area contributed by atoms with E-state index in [0.29, 0.717) is 64.3 Å². The number of nitrogens with two attached hydrogens (primary N) is 2. The minimum Gasteiger partial charge on any atom is -0.427 e. The van der Waals surface area contributed by atoms with Gasteiger partial charge in [-0.1, -0.05) is 87.4 Å². The van der Waals surface area contributed by atoms with Gasteiger partial charge in [0.25, 0.3) is 0 Å². The van der Waals surface area contributed by atoms with Crippen molar-refractivity contribution in [3.63, 3.8) is 0 Å². The topological polar surface area (TPSA) is 209 Å². The molecule has 0 radical (unpaired) electrons. The molecule has 1 aliphatic rings. The maximum Gasteiger partial charge on any atom is 0.454 e. The number of benzene rings is 2. The molecule has 0 saturated heterocycles. The molecular formula is C36H55BN6O6. The van der Waals surface area contributed by atoms with Crippen LogP contribution < -0.4 is 32.7 Å². The van der Waals surface area contributed by atoms with Gasteiger partial charge in [0.1, 0.15) is 18.1 Å². The van der Waals surface area contributed by atoms with Gasteiger partial charge in [-0.25, -0.2) is 0 Å². The molecule has 0 heterocycles. The SMILES string of the molecule is CC(C)C[C@@H](NC(=O)[C@@H](Cc1ccccc1)NC(=O)[C@H](N)Cc1ccccc1)C(=O)N[C@H](CCCCN)C(=O)NC1CCC(B(O)O)CC1. The van der Waals surface area contributed by atoms with E-state index in [1.54, 1.807) is 0 Å². The minimum absolute atomic E-state index is 0.0269. The average molecular weight is 679 g/mol. The summed E-state index contributed by atoms with van der Waals surface area (Å²) in [5.74, 6) is -2.02. The lowest BCUT2D eigenvalue weighted by Crippen LogP contribution is -2.59. The van der Waals surface area contributed by atoms with Crippen molar-refractivity contribution in [1.29, 1.82) is 0 Å². The van der Waals surface area contributed by atoms with Crippen molar-refractivity contribution in [2.24, 2.45) is 17.4 Å². The fourth-order valence-corrected chi connectivity index (χ4v) is 6.17. The quantitative estimate of drug-likeness (QED) is 0.0801. The van der Waals surface area contributed by atoms with Gasteiger partial charge in [-0.15, -0.1) is 0 Å². The first-order valence-electron chi connectivity index (χ1n) is 17.6. The van der Waals surface area contributed by atoms with Gasteiger partial charge >= 0.3 is 7.12 Å². The van der Waals surface area contributed by atoms with E-state index < -0.39 is 49.0 Å². The molecular weight excluding hydrogens is 623 g/mol. The Hall–Kier alpha value is -3.78. The van der Waals surface area contributed by atoms with Crippen LogP contribution in [0.2, 0.25) is 5.82 Å². The molecule has 4 amide bonds. The monoisotopic (exact) mass is 678 g/mol. The number of unbranched alkanes of at least 4 members (excludes halogenated alkanes) is 1. The second-order valence-electron chi connectivity index (χ2n) is 13.6. The summed E-state index contributed by atoms with van der Waals surface area (Å²) in [7, 11) is -1.38. The fraction of sp³-hybridized carbons (Fsp3) is 0.556. The Morgan fingerprint density at radius 1 is 0.735 bits per heavy atom. The van der Waals surface area contributed by atoms with E-state index in [-0.39, 0.29) is 30.1 Å². The number of carbonyl (C=O) groups is 4. The minimum atomic E-state index is -1.38. The molecule has 2 aromatic rings. The smallest absolute Gasteiger partial charge is 0.427 e. The van der Waals surface area contributed by atoms with E-state index in [9.17, 15) is 29.2 Å². The van der Waals surface area contributed by atoms with Gasteiger partial charge in [0.15, 0.2) is 0 Å². The summed E-state index contributed by atoms with van der Waals surface area (Å²) in [6, 6.07) is 14.8. The molecule has 13 heteroatoms. The Balaban J connectivity index is 1.73. The predicted octanol–water partition coefficient (Wildman–Crippen LogP) is 1.33. The lowest BCUT2D eigenvalue weighted by atomic mass is 9.64. The van der Waals surface area contributed by atoms with Crippen molar-refractivity contribution in [3.05, 3.63) is 71.8 Å². The Bertz CT molecular complexity index is 1310. The highest BCUT2D eigenvalue weighted by molar-refractivity contribution is 6.43. The summed E-state index contributed by atoms with van der Waals surface area (Å²) in [6.45, 7) is 4.32. The van der Waals surface area contributed by atoms with Gasteiger partial charge in [-0.3, -0.25) is 19.2 Å². The largest absolute Gasteiger partial charge is 0.454 e. The summed E-state index contributed by atoms with van der Waals surface area (Å²) in [5.41, 5.74) is 13.7. The highest BCUT2D eigenvalue weighted by Gasteiger charge is 2.33. The van der Waals surface area contributed by atoms with Gasteiger partial charge in [-0.05, 0) is 74.4 Å². The lowest BCUT2D eigenvalue weighted by molar-refractivity contribution is -0.134. The molecule has 0 aromatic heterocycles. The van der Waals surface area contributed by atoms with Crippen LogP contribution in [0.1, 0.15) is 76.3 Å². The Morgan fingerprint density at radius 2 is 1.27 bits per heavy atom. The first-order valence-corrected chi connectivity index (χ1v) is 17.6. The normalized spacial score (nSPS) is 18.4. The van der Waals surface area contributed by atoms with Crippen LogP contribution in [-0.2, 0) is 32.0 Å². The van der Waals surface area contributed by atoms with E-state index in [0.717, 1.165) is 11.1 Å². The molecule has 1 saturated carbocycles. The van der Waals surface area contributed by atoms with Crippen LogP contribution in [0.25, 0.3) is 0 Å². The summed E-state index contributed by atoms with van der Waals surface area (Å²) < 4.78 is 0. The Kier molecular flexibility index (Phi) is 16.7. The van der Waals surface area contributed by atoms with Crippen LogP contribution >= 0.6 is 0 Å². The van der Waals surface area contributed by atoms with Gasteiger partial charge in [-0.2, -0.15) is 0 Å². The number of carbonyl (C=O) groups excluding carboxylic acids is 4. The van der Waals surface area contributed by atoms with Crippen molar-refractivity contribution in [1.82, 2.24) is 21.3 Å². The number of amides is 4. The highest BCUT2D eigenvalue weighted by Crippen LogP contribution is 2.30. The first-order chi connectivity index (χ1) is 23.5. The summed E-state index contributed by atoms with van der Waals surface area (Å²) in [4.78, 5) is 54.3. The standard InChI is InChI=1S/C36H55BN6O6/c1-24(2)21-31(35(46)41-30(15-9-10-20-38)34(45)40-28-18-16-27(17-19-28)37(48)49)43-36(47)32(23-26-13-7-4-8-14-26)42-33(44)29(39)22-25-11-5-3-6-12-25/h3-8,11-14,24,27-32,48-49H,9-10,15-23,38-39H2,1-2H3,(H,40,45)(H,41,46)(H,42,44)(H,43,47)/t27?,28?,29-,30-,31-,32-/m1/s1. The van der Waals surface area contributed by atoms with Crippen LogP contribution in [0.5, 0.6) is 0 Å². The lowest BCUT2D eigenvalue weighted by Gasteiger charge is -2.31. The predicted molar refractivity (Wildman–Crippen MR) is 191 cm³/mol. The van der Waals surface area contributed by atoms with Crippen molar-refractivity contribution in [2.45, 2.75) is 114 Å². The van der Waals surface area contributed by atoms with Gasteiger partial charge in [0, 0.05) is 12.5 Å². The molecule has 1 fully saturated rings. The van der Waals surface area contributed by atoms with E-state index in [2.05, 4.69) is 21.3 Å². The molecule has 268 valence electrons. The fourth-order valence-electron chi connectivity index (χ4n) is 6.17. The van der Waals surface area contributed by atoms with E-state index in [4.69, 9.17) is 11.5 Å². The van der Waals surface area contributed by atoms with Gasteiger partial charge < -0.3 is 42.8 Å². The van der Waals surface area contributed by atoms with Crippen molar-refractivity contribution in [3.8, 4) is 0 Å². The highest BCUT2D eigenvalue weighted by atomic mass is 16.4. The van der Waals surface area contributed by atoms with E-state index >= 15 is 0 Å². The molecule has 3 rings (SSSR count). The summed E-state index contributed by atoms with van der Waals surface area (Å²) in [5, 5.41) is 30.6. The zero-order valence-corrected chi connectivity index (χ0v) is 28.9. The van der Waals surface area contributed by atoms with E-state index in [1.165, 1.54) is 0 Å². The third-order valence-electron chi connectivity index (χ3n) is 9.01. The molecule has 0 bridgehead atoms. The van der Waals surface area contributed by atoms with Gasteiger partial charge in [0.05, 0.1) is 6.04 Å².